The van der Waals surface area contributed by atoms with Gasteiger partial charge in [0.1, 0.15) is 6.67 Å². The summed E-state index contributed by atoms with van der Waals surface area (Å²) < 4.78 is 4.39. The van der Waals surface area contributed by atoms with E-state index < -0.39 is 8.07 Å². The van der Waals surface area contributed by atoms with Gasteiger partial charge in [-0.3, -0.25) is 4.57 Å². The number of aliphatic imine (C=N–C) groups is 2. The van der Waals surface area contributed by atoms with Crippen molar-refractivity contribution in [3.63, 3.8) is 0 Å². The van der Waals surface area contributed by atoms with E-state index in [1.54, 1.807) is 0 Å². The van der Waals surface area contributed by atoms with E-state index in [2.05, 4.69) is 270 Å². The Hall–Kier alpha value is -8.84. The van der Waals surface area contributed by atoms with Gasteiger partial charge in [-0.25, -0.2) is 4.99 Å². The number of amidine groups is 1. The molecule has 328 valence electrons. The van der Waals surface area contributed by atoms with E-state index >= 15 is 0 Å². The van der Waals surface area contributed by atoms with Crippen molar-refractivity contribution in [3.05, 3.63) is 266 Å². The number of benzene rings is 10. The van der Waals surface area contributed by atoms with Gasteiger partial charge in [-0.2, -0.15) is 4.99 Å². The molecule has 0 amide bonds. The lowest BCUT2D eigenvalue weighted by Gasteiger charge is -2.34. The van der Waals surface area contributed by atoms with E-state index in [0.717, 1.165) is 49.5 Å². The summed E-state index contributed by atoms with van der Waals surface area (Å²) in [7, 11) is -2.90. The summed E-state index contributed by atoms with van der Waals surface area (Å²) in [6, 6.07) is 93.4. The molecule has 0 saturated heterocycles. The van der Waals surface area contributed by atoms with Gasteiger partial charge in [0, 0.05) is 27.1 Å². The largest absolute Gasteiger partial charge is 0.369 e. The Morgan fingerprint density at radius 3 is 1.35 bits per heavy atom. The molecule has 0 aliphatic heterocycles. The van der Waals surface area contributed by atoms with Gasteiger partial charge in [-0.1, -0.05) is 224 Å². The van der Waals surface area contributed by atoms with Crippen LogP contribution in [0.4, 0.5) is 0 Å². The van der Waals surface area contributed by atoms with Crippen LogP contribution in [0.1, 0.15) is 5.56 Å². The highest BCUT2D eigenvalue weighted by Gasteiger charge is 2.41. The molecule has 10 aromatic carbocycles. The second-order valence-corrected chi connectivity index (χ2v) is 21.3. The van der Waals surface area contributed by atoms with Crippen LogP contribution >= 0.6 is 0 Å². The van der Waals surface area contributed by atoms with Crippen molar-refractivity contribution >= 4 is 84.2 Å². The fourth-order valence-electron chi connectivity index (χ4n) is 10.5. The van der Waals surface area contributed by atoms with Crippen LogP contribution in [0, 0.1) is 0 Å². The van der Waals surface area contributed by atoms with Crippen molar-refractivity contribution in [3.8, 4) is 22.3 Å². The Bertz CT molecular complexity index is 3760. The number of hydrogen-bond donors (Lipinski definition) is 1. The molecule has 0 spiro atoms. The Morgan fingerprint density at radius 1 is 0.362 bits per heavy atom. The highest BCUT2D eigenvalue weighted by molar-refractivity contribution is 7.19. The van der Waals surface area contributed by atoms with Crippen LogP contribution in [0.25, 0.3) is 65.9 Å². The average Bonchev–Trinajstić information content (AvgIpc) is 3.93. The standard InChI is InChI=1S/C63H47N5Si/c64-63(68-60-36-19-17-34-55(60)57-43-48(38-40-61(57)68)46-23-8-2-9-24-46)66-62(65-44-67-58-35-18-16-33-54(58)56-42-47(37-39-59(56)67)45-21-6-1-7-22-45)49-25-20-32-53(41-49)69(50-26-10-3-11-27-50,51-28-12-4-13-29-51)52-30-14-5-15-31-52/h1-43H,44H2,(H2,64,65,66). The maximum Gasteiger partial charge on any atom is 0.207 e. The fourth-order valence-corrected chi connectivity index (χ4v) is 15.3. The first kappa shape index (κ1) is 41.6. The molecule has 69 heavy (non-hydrogen) atoms. The molecule has 5 nitrogen and oxygen atoms in total. The molecule has 0 aliphatic rings. The van der Waals surface area contributed by atoms with Crippen LogP contribution in [-0.2, 0) is 6.67 Å². The van der Waals surface area contributed by atoms with Crippen LogP contribution < -0.4 is 26.5 Å². The molecule has 2 N–H and O–H groups in total. The molecular formula is C63H47N5Si. The third-order valence-electron chi connectivity index (χ3n) is 13.6. The van der Waals surface area contributed by atoms with Gasteiger partial charge in [0.15, 0.2) is 13.9 Å². The molecule has 12 aromatic rings. The number of fused-ring (bicyclic) bond motifs is 6. The lowest BCUT2D eigenvalue weighted by Crippen LogP contribution is -2.74. The van der Waals surface area contributed by atoms with Gasteiger partial charge in [0.2, 0.25) is 5.96 Å². The van der Waals surface area contributed by atoms with E-state index in [0.29, 0.717) is 18.5 Å². The first-order chi connectivity index (χ1) is 34.1. The smallest absolute Gasteiger partial charge is 0.207 e. The highest BCUT2D eigenvalue weighted by atomic mass is 28.3. The maximum absolute atomic E-state index is 7.39. The Labute approximate surface area is 402 Å². The molecule has 0 atom stereocenters. The van der Waals surface area contributed by atoms with Crippen molar-refractivity contribution in [1.82, 2.24) is 9.13 Å². The van der Waals surface area contributed by atoms with Crippen molar-refractivity contribution in [2.24, 2.45) is 15.7 Å². The first-order valence-electron chi connectivity index (χ1n) is 23.5. The van der Waals surface area contributed by atoms with Crippen LogP contribution in [0.5, 0.6) is 0 Å². The molecule has 12 rings (SSSR count). The molecule has 0 fully saturated rings. The Balaban J connectivity index is 1.08. The van der Waals surface area contributed by atoms with Crippen LogP contribution in [0.2, 0.25) is 0 Å². The maximum atomic E-state index is 7.39. The van der Waals surface area contributed by atoms with E-state index in [4.69, 9.17) is 15.7 Å². The van der Waals surface area contributed by atoms with Crippen LogP contribution in [0.3, 0.4) is 0 Å². The summed E-state index contributed by atoms with van der Waals surface area (Å²) >= 11 is 0. The molecule has 0 radical (unpaired) electrons. The summed E-state index contributed by atoms with van der Waals surface area (Å²) in [5, 5.41) is 9.67. The lowest BCUT2D eigenvalue weighted by molar-refractivity contribution is 0.791. The number of para-hydroxylation sites is 2. The minimum absolute atomic E-state index is 0.317. The molecule has 6 heteroatoms. The minimum Gasteiger partial charge on any atom is -0.369 e. The monoisotopic (exact) mass is 901 g/mol. The quantitative estimate of drug-likeness (QED) is 0.0667. The second kappa shape index (κ2) is 17.8. The van der Waals surface area contributed by atoms with Gasteiger partial charge in [0.05, 0.1) is 22.1 Å². The fraction of sp³-hybridized carbons (Fsp3) is 0.0159. The average molecular weight is 902 g/mol. The topological polar surface area (TPSA) is 60.6 Å². The summed E-state index contributed by atoms with van der Waals surface area (Å²) in [4.78, 5) is 11.0. The van der Waals surface area contributed by atoms with E-state index in [9.17, 15) is 0 Å². The third-order valence-corrected chi connectivity index (χ3v) is 18.4. The number of nitrogens with two attached hydrogens (primary N) is 1. The van der Waals surface area contributed by atoms with E-state index in [1.807, 2.05) is 0 Å². The zero-order valence-electron chi connectivity index (χ0n) is 37.9. The summed E-state index contributed by atoms with van der Waals surface area (Å²) in [5.74, 6) is 0.885. The van der Waals surface area contributed by atoms with Crippen molar-refractivity contribution in [2.45, 2.75) is 6.67 Å². The highest BCUT2D eigenvalue weighted by Crippen LogP contribution is 2.34. The Kier molecular flexibility index (Phi) is 10.7. The molecule has 0 aliphatic carbocycles. The molecule has 0 unspecified atom stereocenters. The van der Waals surface area contributed by atoms with E-state index in [1.165, 1.54) is 42.6 Å². The predicted octanol–water partition coefficient (Wildman–Crippen LogP) is 11.9. The van der Waals surface area contributed by atoms with Crippen molar-refractivity contribution in [1.29, 1.82) is 0 Å². The lowest BCUT2D eigenvalue weighted by atomic mass is 10.0. The molecule has 0 saturated carbocycles. The summed E-state index contributed by atoms with van der Waals surface area (Å²) in [5.41, 5.74) is 17.1. The zero-order valence-corrected chi connectivity index (χ0v) is 38.9. The molecule has 2 aromatic heterocycles. The number of aromatic nitrogens is 2. The van der Waals surface area contributed by atoms with Gasteiger partial charge in [0.25, 0.3) is 0 Å². The van der Waals surface area contributed by atoms with E-state index in [-0.39, 0.29) is 0 Å². The second-order valence-electron chi connectivity index (χ2n) is 17.5. The zero-order chi connectivity index (χ0) is 46.2. The van der Waals surface area contributed by atoms with Gasteiger partial charge < -0.3 is 10.3 Å². The SMILES string of the molecule is NC(=N/C(=N\Cn1c2ccccc2c2cc(-c3ccccc3)ccc21)c1cccc([Si](c2ccccc2)(c2ccccc2)c2ccccc2)c1)n1c2ccccc2c2cc(-c3ccccc3)ccc21. The van der Waals surface area contributed by atoms with Crippen LogP contribution in [0.15, 0.2) is 271 Å². The molecule has 0 bridgehead atoms. The van der Waals surface area contributed by atoms with Gasteiger partial charge in [-0.05, 0) is 79.4 Å². The third kappa shape index (κ3) is 7.35. The van der Waals surface area contributed by atoms with Crippen molar-refractivity contribution < 1.29 is 0 Å². The normalized spacial score (nSPS) is 12.3. The Morgan fingerprint density at radius 2 is 0.783 bits per heavy atom. The van der Waals surface area contributed by atoms with Gasteiger partial charge in [-0.15, -0.1) is 0 Å². The first-order valence-corrected chi connectivity index (χ1v) is 25.5. The molecule has 2 heterocycles. The van der Waals surface area contributed by atoms with Gasteiger partial charge >= 0.3 is 0 Å². The number of hydrogen-bond acceptors (Lipinski definition) is 1. The summed E-state index contributed by atoms with van der Waals surface area (Å²) in [6.45, 7) is 0.317. The number of nitrogens with zero attached hydrogens (tertiary/aromatic N) is 4. The molecular weight excluding hydrogens is 855 g/mol. The van der Waals surface area contributed by atoms with Crippen LogP contribution in [-0.4, -0.2) is 29.0 Å². The number of rotatable bonds is 9. The summed E-state index contributed by atoms with van der Waals surface area (Å²) in [6.07, 6.45) is 0. The predicted molar refractivity (Wildman–Crippen MR) is 293 cm³/mol. The minimum atomic E-state index is -2.90. The van der Waals surface area contributed by atoms with Crippen molar-refractivity contribution in [2.75, 3.05) is 0 Å².